The first-order valence-electron chi connectivity index (χ1n) is 11.6. The van der Waals surface area contributed by atoms with Gasteiger partial charge in [0.05, 0.1) is 18.0 Å². The number of aromatic nitrogens is 5. The summed E-state index contributed by atoms with van der Waals surface area (Å²) in [5, 5.41) is 17.0. The molecule has 2 aliphatic rings. The monoisotopic (exact) mass is 488 g/mol. The van der Waals surface area contributed by atoms with Gasteiger partial charge >= 0.3 is 0 Å². The molecule has 0 saturated heterocycles. The lowest BCUT2D eigenvalue weighted by atomic mass is 10.2. The van der Waals surface area contributed by atoms with E-state index in [-0.39, 0.29) is 18.5 Å². The first kappa shape index (κ1) is 21.7. The van der Waals surface area contributed by atoms with Crippen molar-refractivity contribution in [2.45, 2.75) is 36.9 Å². The average Bonchev–Trinajstić information content (AvgIpc) is 3.69. The fraction of sp³-hybridized carbons (Fsp3) is 0.280. The Kier molecular flexibility index (Phi) is 5.87. The number of ether oxygens (including phenoxy) is 2. The SMILES string of the molecule is O=C(CSc1nnc(-c2ccc3c(c2)OCO3)n1-c1ccccc1)Nc1ccnn1C1CCCC1. The number of nitrogens with zero attached hydrogens (tertiary/aromatic N) is 5. The minimum absolute atomic E-state index is 0.109. The van der Waals surface area contributed by atoms with Crippen molar-refractivity contribution in [2.24, 2.45) is 0 Å². The van der Waals surface area contributed by atoms with E-state index in [0.717, 1.165) is 29.9 Å². The number of thioether (sulfide) groups is 1. The molecular weight excluding hydrogens is 464 g/mol. The highest BCUT2D eigenvalue weighted by Gasteiger charge is 2.22. The van der Waals surface area contributed by atoms with Crippen LogP contribution in [-0.4, -0.2) is 43.0 Å². The van der Waals surface area contributed by atoms with E-state index in [0.29, 0.717) is 28.5 Å². The third-order valence-electron chi connectivity index (χ3n) is 6.22. The van der Waals surface area contributed by atoms with E-state index in [1.54, 1.807) is 6.20 Å². The van der Waals surface area contributed by atoms with Gasteiger partial charge in [-0.15, -0.1) is 10.2 Å². The first-order valence-corrected chi connectivity index (χ1v) is 12.6. The maximum absolute atomic E-state index is 12.8. The van der Waals surface area contributed by atoms with Gasteiger partial charge < -0.3 is 14.8 Å². The Balaban J connectivity index is 1.23. The van der Waals surface area contributed by atoms with Gasteiger partial charge in [0.1, 0.15) is 5.82 Å². The van der Waals surface area contributed by atoms with Gasteiger partial charge in [-0.2, -0.15) is 5.10 Å². The second kappa shape index (κ2) is 9.46. The molecule has 0 spiro atoms. The predicted molar refractivity (Wildman–Crippen MR) is 132 cm³/mol. The highest BCUT2D eigenvalue weighted by atomic mass is 32.2. The molecule has 178 valence electrons. The van der Waals surface area contributed by atoms with Gasteiger partial charge in [-0.25, -0.2) is 4.68 Å². The molecule has 1 N–H and O–H groups in total. The van der Waals surface area contributed by atoms with Gasteiger partial charge in [-0.05, 0) is 43.2 Å². The van der Waals surface area contributed by atoms with Crippen LogP contribution in [0.5, 0.6) is 11.5 Å². The minimum Gasteiger partial charge on any atom is -0.454 e. The van der Waals surface area contributed by atoms with Crippen molar-refractivity contribution in [3.63, 3.8) is 0 Å². The fourth-order valence-electron chi connectivity index (χ4n) is 4.56. The largest absolute Gasteiger partial charge is 0.454 e. The van der Waals surface area contributed by atoms with Crippen LogP contribution in [0.4, 0.5) is 5.82 Å². The molecule has 0 bridgehead atoms. The Hall–Kier alpha value is -3.79. The second-order valence-electron chi connectivity index (χ2n) is 8.48. The zero-order valence-corrected chi connectivity index (χ0v) is 19.8. The van der Waals surface area contributed by atoms with Gasteiger partial charge in [0.25, 0.3) is 0 Å². The number of anilines is 1. The number of nitrogens with one attached hydrogen (secondary N) is 1. The summed E-state index contributed by atoms with van der Waals surface area (Å²) in [5.74, 6) is 2.88. The number of para-hydroxylation sites is 1. The van der Waals surface area contributed by atoms with Crippen LogP contribution in [0.15, 0.2) is 66.0 Å². The van der Waals surface area contributed by atoms with Crippen LogP contribution in [-0.2, 0) is 4.79 Å². The standard InChI is InChI=1S/C25H24N6O3S/c32-23(27-22-12-13-26-31(22)19-8-4-5-9-19)15-35-25-29-28-24(30(25)18-6-2-1-3-7-18)17-10-11-20-21(14-17)34-16-33-20/h1-3,6-7,10-14,19H,4-5,8-9,15-16H2,(H,27,32). The topological polar surface area (TPSA) is 96.1 Å². The molecule has 0 atom stereocenters. The molecule has 1 aliphatic carbocycles. The number of benzene rings is 2. The summed E-state index contributed by atoms with van der Waals surface area (Å²) in [4.78, 5) is 12.8. The molecule has 4 aromatic rings. The van der Waals surface area contributed by atoms with Crippen molar-refractivity contribution in [1.29, 1.82) is 0 Å². The van der Waals surface area contributed by atoms with Crippen molar-refractivity contribution >= 4 is 23.5 Å². The van der Waals surface area contributed by atoms with Crippen molar-refractivity contribution in [3.8, 4) is 28.6 Å². The quantitative estimate of drug-likeness (QED) is 0.377. The summed E-state index contributed by atoms with van der Waals surface area (Å²) in [6.07, 6.45) is 6.35. The third-order valence-corrected chi connectivity index (χ3v) is 7.15. The van der Waals surface area contributed by atoms with Crippen LogP contribution in [0.3, 0.4) is 0 Å². The van der Waals surface area contributed by atoms with Gasteiger partial charge in [0.2, 0.25) is 12.7 Å². The zero-order valence-electron chi connectivity index (χ0n) is 19.0. The summed E-state index contributed by atoms with van der Waals surface area (Å²) in [5.41, 5.74) is 1.76. The van der Waals surface area contributed by atoms with Crippen LogP contribution in [0.1, 0.15) is 31.7 Å². The maximum atomic E-state index is 12.8. The van der Waals surface area contributed by atoms with Crippen molar-refractivity contribution in [3.05, 3.63) is 60.8 Å². The molecule has 2 aromatic carbocycles. The summed E-state index contributed by atoms with van der Waals surface area (Å²) in [6.45, 7) is 0.208. The van der Waals surface area contributed by atoms with Gasteiger partial charge in [0, 0.05) is 17.3 Å². The normalized spacial score (nSPS) is 15.0. The first-order chi connectivity index (χ1) is 17.3. The van der Waals surface area contributed by atoms with Gasteiger partial charge in [0.15, 0.2) is 22.5 Å². The number of carbonyl (C=O) groups is 1. The molecule has 2 aromatic heterocycles. The number of fused-ring (bicyclic) bond motifs is 1. The summed E-state index contributed by atoms with van der Waals surface area (Å²) >= 11 is 1.34. The predicted octanol–water partition coefficient (Wildman–Crippen LogP) is 4.71. The molecule has 1 amide bonds. The Morgan fingerprint density at radius 2 is 1.86 bits per heavy atom. The summed E-state index contributed by atoms with van der Waals surface area (Å²) in [6, 6.07) is 17.8. The van der Waals surface area contributed by atoms with E-state index in [1.807, 2.05) is 63.8 Å². The lowest BCUT2D eigenvalue weighted by Crippen LogP contribution is -2.19. The highest BCUT2D eigenvalue weighted by Crippen LogP contribution is 2.37. The van der Waals surface area contributed by atoms with E-state index < -0.39 is 0 Å². The number of hydrogen-bond acceptors (Lipinski definition) is 7. The van der Waals surface area contributed by atoms with E-state index in [2.05, 4.69) is 20.6 Å². The van der Waals surface area contributed by atoms with Crippen LogP contribution < -0.4 is 14.8 Å². The molecule has 10 heteroatoms. The van der Waals surface area contributed by atoms with Crippen LogP contribution in [0, 0.1) is 0 Å². The van der Waals surface area contributed by atoms with E-state index in [9.17, 15) is 4.79 Å². The Morgan fingerprint density at radius 1 is 1.03 bits per heavy atom. The summed E-state index contributed by atoms with van der Waals surface area (Å²) < 4.78 is 14.9. The minimum atomic E-state index is -0.109. The fourth-order valence-corrected chi connectivity index (χ4v) is 5.31. The Morgan fingerprint density at radius 3 is 2.71 bits per heavy atom. The van der Waals surface area contributed by atoms with Gasteiger partial charge in [-0.3, -0.25) is 9.36 Å². The lowest BCUT2D eigenvalue weighted by Gasteiger charge is -2.14. The third kappa shape index (κ3) is 4.37. The summed E-state index contributed by atoms with van der Waals surface area (Å²) in [7, 11) is 0. The Bertz CT molecular complexity index is 1350. The molecule has 1 fully saturated rings. The number of rotatable bonds is 7. The Labute approximate surface area is 206 Å². The molecule has 35 heavy (non-hydrogen) atoms. The zero-order chi connectivity index (χ0) is 23.6. The molecule has 1 saturated carbocycles. The smallest absolute Gasteiger partial charge is 0.235 e. The highest BCUT2D eigenvalue weighted by molar-refractivity contribution is 7.99. The van der Waals surface area contributed by atoms with Crippen molar-refractivity contribution < 1.29 is 14.3 Å². The molecular formula is C25H24N6O3S. The van der Waals surface area contributed by atoms with Crippen LogP contribution in [0.2, 0.25) is 0 Å². The maximum Gasteiger partial charge on any atom is 0.235 e. The van der Waals surface area contributed by atoms with Crippen LogP contribution in [0.25, 0.3) is 17.1 Å². The molecule has 1 aliphatic heterocycles. The average molecular weight is 489 g/mol. The van der Waals surface area contributed by atoms with E-state index in [1.165, 1.54) is 24.6 Å². The molecule has 9 nitrogen and oxygen atoms in total. The lowest BCUT2D eigenvalue weighted by molar-refractivity contribution is -0.113. The van der Waals surface area contributed by atoms with Gasteiger partial charge in [-0.1, -0.05) is 42.8 Å². The van der Waals surface area contributed by atoms with Crippen LogP contribution >= 0.6 is 11.8 Å². The van der Waals surface area contributed by atoms with Crippen molar-refractivity contribution in [1.82, 2.24) is 24.5 Å². The second-order valence-corrected chi connectivity index (χ2v) is 9.42. The number of hydrogen-bond donors (Lipinski definition) is 1. The number of carbonyl (C=O) groups excluding carboxylic acids is 1. The molecule has 0 unspecified atom stereocenters. The molecule has 0 radical (unpaired) electrons. The van der Waals surface area contributed by atoms with Crippen molar-refractivity contribution in [2.75, 3.05) is 17.9 Å². The molecule has 3 heterocycles. The number of amides is 1. The van der Waals surface area contributed by atoms with E-state index >= 15 is 0 Å². The molecule has 6 rings (SSSR count). The van der Waals surface area contributed by atoms with E-state index in [4.69, 9.17) is 9.47 Å².